The molecule has 1 N–H and O–H groups in total. The maximum atomic E-state index is 12.1. The van der Waals surface area contributed by atoms with Gasteiger partial charge in [-0.1, -0.05) is 56.5 Å². The molecule has 1 fully saturated rings. The van der Waals surface area contributed by atoms with Crippen molar-refractivity contribution in [3.8, 4) is 11.5 Å². The van der Waals surface area contributed by atoms with Crippen molar-refractivity contribution in [1.82, 2.24) is 0 Å². The lowest BCUT2D eigenvalue weighted by Crippen LogP contribution is -3.11. The van der Waals surface area contributed by atoms with E-state index < -0.39 is 0 Å². The van der Waals surface area contributed by atoms with E-state index in [4.69, 9.17) is 14.2 Å². The van der Waals surface area contributed by atoms with E-state index in [1.54, 1.807) is 7.11 Å². The zero-order valence-corrected chi connectivity index (χ0v) is 22.3. The van der Waals surface area contributed by atoms with E-state index in [9.17, 15) is 4.79 Å². The molecule has 35 heavy (non-hydrogen) atoms. The monoisotopic (exact) mass is 503 g/mol. The molecule has 194 valence electrons. The first kappa shape index (κ1) is 29.0. The molecule has 2 aromatic rings. The standard InChI is InChI=1S/C29H41NO4.ClH/c1-4-5-6-7-15-29(31)34-27-21-25(30(2)22-27)18-19-33-28-14-9-8-12-24(28)17-16-23-11-10-13-26(20-23)32-3;/h8-14,20,25,27H,4-7,15-19,21-22H2,1-3H3;1H/t25-,27-;/m1./s1. The van der Waals surface area contributed by atoms with Crippen LogP contribution < -0.4 is 26.8 Å². The zero-order valence-electron chi connectivity index (χ0n) is 21.6. The molecule has 3 atom stereocenters. The van der Waals surface area contributed by atoms with Crippen molar-refractivity contribution in [2.45, 2.75) is 76.9 Å². The number of likely N-dealkylation sites (tertiary alicyclic amines) is 1. The Morgan fingerprint density at radius 3 is 2.69 bits per heavy atom. The van der Waals surface area contributed by atoms with Gasteiger partial charge < -0.3 is 31.5 Å². The first-order valence-electron chi connectivity index (χ1n) is 12.9. The topological polar surface area (TPSA) is 49.2 Å². The van der Waals surface area contributed by atoms with Gasteiger partial charge in [0.15, 0.2) is 6.10 Å². The molecule has 0 aliphatic carbocycles. The predicted molar refractivity (Wildman–Crippen MR) is 136 cm³/mol. The molecule has 3 rings (SSSR count). The molecule has 5 nitrogen and oxygen atoms in total. The van der Waals surface area contributed by atoms with Crippen molar-refractivity contribution >= 4 is 5.97 Å². The van der Waals surface area contributed by atoms with Gasteiger partial charge in [-0.05, 0) is 48.6 Å². The molecule has 2 aromatic carbocycles. The Hall–Kier alpha value is -2.24. The van der Waals surface area contributed by atoms with Gasteiger partial charge in [0.05, 0.1) is 26.8 Å². The lowest BCUT2D eigenvalue weighted by Gasteiger charge is -2.17. The number of likely N-dealkylation sites (N-methyl/N-ethyl adjacent to an activating group) is 1. The molecule has 1 aliphatic rings. The zero-order chi connectivity index (χ0) is 24.2. The number of halogens is 1. The van der Waals surface area contributed by atoms with Crippen LogP contribution in [0.1, 0.15) is 63.0 Å². The summed E-state index contributed by atoms with van der Waals surface area (Å²) in [7, 11) is 3.90. The predicted octanol–water partition coefficient (Wildman–Crippen LogP) is 1.42. The summed E-state index contributed by atoms with van der Waals surface area (Å²) in [5.41, 5.74) is 2.49. The van der Waals surface area contributed by atoms with Crippen LogP contribution in [0.15, 0.2) is 48.5 Å². The Bertz CT molecular complexity index is 890. The van der Waals surface area contributed by atoms with Gasteiger partial charge in [-0.25, -0.2) is 0 Å². The Morgan fingerprint density at radius 2 is 1.89 bits per heavy atom. The van der Waals surface area contributed by atoms with E-state index in [1.165, 1.54) is 28.9 Å². The average molecular weight is 504 g/mol. The summed E-state index contributed by atoms with van der Waals surface area (Å²) in [6.45, 7) is 3.75. The number of methoxy groups -OCH3 is 1. The maximum absolute atomic E-state index is 12.1. The van der Waals surface area contributed by atoms with Gasteiger partial charge in [0.25, 0.3) is 0 Å². The number of hydrogen-bond donors (Lipinski definition) is 1. The minimum Gasteiger partial charge on any atom is -1.00 e. The number of quaternary nitrogens is 1. The Morgan fingerprint density at radius 1 is 1.06 bits per heavy atom. The van der Waals surface area contributed by atoms with Crippen LogP contribution >= 0.6 is 0 Å². The molecule has 0 aromatic heterocycles. The van der Waals surface area contributed by atoms with Gasteiger partial charge in [-0.2, -0.15) is 0 Å². The number of para-hydroxylation sites is 1. The van der Waals surface area contributed by atoms with E-state index in [2.05, 4.69) is 44.3 Å². The molecule has 6 heteroatoms. The first-order valence-corrected chi connectivity index (χ1v) is 12.9. The molecule has 1 aliphatic heterocycles. The van der Waals surface area contributed by atoms with Crippen LogP contribution in [0.3, 0.4) is 0 Å². The molecule has 0 saturated carbocycles. The maximum Gasteiger partial charge on any atom is 0.306 e. The van der Waals surface area contributed by atoms with Crippen LogP contribution in [0.2, 0.25) is 0 Å². The number of ether oxygens (including phenoxy) is 3. The van der Waals surface area contributed by atoms with E-state index >= 15 is 0 Å². The Balaban J connectivity index is 0.00000432. The van der Waals surface area contributed by atoms with Crippen LogP contribution in [0.5, 0.6) is 11.5 Å². The van der Waals surface area contributed by atoms with Gasteiger partial charge in [0.2, 0.25) is 0 Å². The third kappa shape index (κ3) is 9.73. The number of rotatable bonds is 14. The number of unbranched alkanes of at least 4 members (excludes halogenated alkanes) is 3. The molecular weight excluding hydrogens is 462 g/mol. The van der Waals surface area contributed by atoms with Gasteiger partial charge in [0.1, 0.15) is 18.0 Å². The molecule has 0 bridgehead atoms. The summed E-state index contributed by atoms with van der Waals surface area (Å²) >= 11 is 0. The Kier molecular flexibility index (Phi) is 13.0. The van der Waals surface area contributed by atoms with Crippen LogP contribution in [-0.2, 0) is 22.4 Å². The molecule has 0 amide bonds. The number of carbonyl (C=O) groups is 1. The summed E-state index contributed by atoms with van der Waals surface area (Å²) in [5.74, 6) is 1.83. The fraction of sp³-hybridized carbons (Fsp3) is 0.552. The van der Waals surface area contributed by atoms with Crippen LogP contribution in [0.25, 0.3) is 0 Å². The highest BCUT2D eigenvalue weighted by Gasteiger charge is 2.35. The second-order valence-electron chi connectivity index (χ2n) is 9.50. The quantitative estimate of drug-likeness (QED) is 0.313. The van der Waals surface area contributed by atoms with Crippen LogP contribution in [-0.4, -0.2) is 45.4 Å². The van der Waals surface area contributed by atoms with Gasteiger partial charge >= 0.3 is 5.97 Å². The number of carbonyl (C=O) groups excluding carboxylic acids is 1. The van der Waals surface area contributed by atoms with E-state index in [0.29, 0.717) is 19.1 Å². The summed E-state index contributed by atoms with van der Waals surface area (Å²) in [4.78, 5) is 13.6. The molecule has 1 unspecified atom stereocenters. The van der Waals surface area contributed by atoms with Gasteiger partial charge in [0, 0.05) is 19.3 Å². The van der Waals surface area contributed by atoms with E-state index in [0.717, 1.165) is 56.6 Å². The summed E-state index contributed by atoms with van der Waals surface area (Å²) in [6, 6.07) is 17.0. The van der Waals surface area contributed by atoms with E-state index in [-0.39, 0.29) is 24.5 Å². The van der Waals surface area contributed by atoms with Crippen molar-refractivity contribution in [3.05, 3.63) is 59.7 Å². The lowest BCUT2D eigenvalue weighted by molar-refractivity contribution is -0.893. The van der Waals surface area contributed by atoms with E-state index in [1.807, 2.05) is 18.2 Å². The number of hydrogen-bond acceptors (Lipinski definition) is 4. The second kappa shape index (κ2) is 15.7. The highest BCUT2D eigenvalue weighted by molar-refractivity contribution is 5.69. The molecule has 1 saturated heterocycles. The molecule has 0 spiro atoms. The Labute approximate surface area is 217 Å². The lowest BCUT2D eigenvalue weighted by atomic mass is 10.0. The third-order valence-corrected chi connectivity index (χ3v) is 6.84. The highest BCUT2D eigenvalue weighted by Crippen LogP contribution is 2.22. The van der Waals surface area contributed by atoms with Crippen molar-refractivity contribution in [1.29, 1.82) is 0 Å². The minimum absolute atomic E-state index is 0. The van der Waals surface area contributed by atoms with Gasteiger partial charge in [-0.3, -0.25) is 4.79 Å². The van der Waals surface area contributed by atoms with Crippen LogP contribution in [0, 0.1) is 0 Å². The second-order valence-corrected chi connectivity index (χ2v) is 9.50. The first-order chi connectivity index (χ1) is 16.6. The molecular formula is C29H42ClNO4. The summed E-state index contributed by atoms with van der Waals surface area (Å²) in [5, 5.41) is 0. The third-order valence-electron chi connectivity index (χ3n) is 6.84. The summed E-state index contributed by atoms with van der Waals surface area (Å²) in [6.07, 6.45) is 8.77. The minimum atomic E-state index is -0.0317. The SMILES string of the molecule is CCCCCCC(=O)O[C@@H]1C[C@@H](CCOc2ccccc2CCc2cccc(OC)c2)[NH+](C)C1.[Cl-]. The summed E-state index contributed by atoms with van der Waals surface area (Å²) < 4.78 is 17.3. The van der Waals surface area contributed by atoms with Crippen LogP contribution in [0.4, 0.5) is 0 Å². The highest BCUT2D eigenvalue weighted by atomic mass is 35.5. The van der Waals surface area contributed by atoms with Crippen molar-refractivity contribution in [3.63, 3.8) is 0 Å². The average Bonchev–Trinajstić information content (AvgIpc) is 3.19. The van der Waals surface area contributed by atoms with Crippen molar-refractivity contribution in [2.75, 3.05) is 27.3 Å². The number of nitrogens with one attached hydrogen (secondary N) is 1. The van der Waals surface area contributed by atoms with Gasteiger partial charge in [-0.15, -0.1) is 0 Å². The normalized spacial score (nSPS) is 19.1. The fourth-order valence-electron chi connectivity index (χ4n) is 4.79. The number of aryl methyl sites for hydroxylation is 2. The number of benzene rings is 2. The largest absolute Gasteiger partial charge is 1.00 e. The fourth-order valence-corrected chi connectivity index (χ4v) is 4.79. The smallest absolute Gasteiger partial charge is 0.306 e. The van der Waals surface area contributed by atoms with Crippen molar-refractivity contribution in [2.24, 2.45) is 0 Å². The number of esters is 1. The molecule has 0 radical (unpaired) electrons. The van der Waals surface area contributed by atoms with Crippen molar-refractivity contribution < 1.29 is 36.3 Å². The molecule has 1 heterocycles.